The quantitative estimate of drug-likeness (QED) is 0.730. The standard InChI is InChI=1S/C17H21NO.2C2H6/c1-14-8-6-7-11-16(14)19-17(12-13-18-2)15-9-4-3-5-10-15;2*1-2/h3-11,17-18H,12-13H2,1-2H3;2*1-2H3/t17-;;/m1../s1. The van der Waals surface area contributed by atoms with Gasteiger partial charge in [-0.05, 0) is 37.7 Å². The molecule has 0 unspecified atom stereocenters. The third kappa shape index (κ3) is 7.85. The van der Waals surface area contributed by atoms with E-state index in [0.29, 0.717) is 0 Å². The predicted molar refractivity (Wildman–Crippen MR) is 102 cm³/mol. The maximum atomic E-state index is 6.19. The van der Waals surface area contributed by atoms with E-state index in [1.807, 2.05) is 59.0 Å². The molecule has 1 atom stereocenters. The van der Waals surface area contributed by atoms with E-state index < -0.39 is 0 Å². The molecule has 0 heterocycles. The molecule has 0 aliphatic rings. The van der Waals surface area contributed by atoms with Crippen LogP contribution in [0.2, 0.25) is 0 Å². The fourth-order valence-corrected chi connectivity index (χ4v) is 2.08. The summed E-state index contributed by atoms with van der Waals surface area (Å²) in [6.45, 7) is 11.0. The minimum atomic E-state index is 0.0924. The summed E-state index contributed by atoms with van der Waals surface area (Å²) in [6.07, 6.45) is 1.05. The Hall–Kier alpha value is -1.80. The third-order valence-electron chi connectivity index (χ3n) is 3.19. The van der Waals surface area contributed by atoms with Crippen LogP contribution < -0.4 is 10.1 Å². The number of benzene rings is 2. The van der Waals surface area contributed by atoms with Crippen LogP contribution in [0, 0.1) is 6.92 Å². The molecule has 0 radical (unpaired) electrons. The molecule has 0 bridgehead atoms. The van der Waals surface area contributed by atoms with Crippen LogP contribution in [0.1, 0.15) is 51.3 Å². The van der Waals surface area contributed by atoms with E-state index in [1.165, 1.54) is 11.1 Å². The number of hydrogen-bond donors (Lipinski definition) is 1. The highest BCUT2D eigenvalue weighted by atomic mass is 16.5. The van der Waals surface area contributed by atoms with E-state index in [4.69, 9.17) is 4.74 Å². The van der Waals surface area contributed by atoms with Crippen LogP contribution in [0.15, 0.2) is 54.6 Å². The lowest BCUT2D eigenvalue weighted by molar-refractivity contribution is 0.193. The molecule has 2 heteroatoms. The molecule has 23 heavy (non-hydrogen) atoms. The van der Waals surface area contributed by atoms with Crippen LogP contribution >= 0.6 is 0 Å². The van der Waals surface area contributed by atoms with Crippen molar-refractivity contribution in [3.05, 3.63) is 65.7 Å². The van der Waals surface area contributed by atoms with Crippen molar-refractivity contribution >= 4 is 0 Å². The van der Waals surface area contributed by atoms with Crippen LogP contribution in [0.3, 0.4) is 0 Å². The van der Waals surface area contributed by atoms with Crippen LogP contribution in [-0.4, -0.2) is 13.6 Å². The zero-order chi connectivity index (χ0) is 17.5. The molecule has 2 aromatic carbocycles. The van der Waals surface area contributed by atoms with Crippen molar-refractivity contribution in [2.75, 3.05) is 13.6 Å². The van der Waals surface area contributed by atoms with Crippen molar-refractivity contribution in [3.63, 3.8) is 0 Å². The Balaban J connectivity index is 0.00000112. The molecule has 0 aliphatic heterocycles. The summed E-state index contributed by atoms with van der Waals surface area (Å²) in [5.41, 5.74) is 2.40. The first-order valence-electron chi connectivity index (χ1n) is 8.73. The van der Waals surface area contributed by atoms with Crippen LogP contribution in [0.4, 0.5) is 0 Å². The Labute approximate surface area is 142 Å². The Morgan fingerprint density at radius 2 is 1.43 bits per heavy atom. The number of hydrogen-bond acceptors (Lipinski definition) is 2. The molecule has 0 aromatic heterocycles. The van der Waals surface area contributed by atoms with Gasteiger partial charge in [-0.15, -0.1) is 0 Å². The van der Waals surface area contributed by atoms with E-state index >= 15 is 0 Å². The van der Waals surface area contributed by atoms with E-state index in [1.54, 1.807) is 0 Å². The largest absolute Gasteiger partial charge is 0.485 e. The summed E-state index contributed by atoms with van der Waals surface area (Å²) >= 11 is 0. The summed E-state index contributed by atoms with van der Waals surface area (Å²) < 4.78 is 6.19. The first-order chi connectivity index (χ1) is 11.3. The second kappa shape index (κ2) is 13.8. The van der Waals surface area contributed by atoms with E-state index in [2.05, 4.69) is 42.6 Å². The van der Waals surface area contributed by atoms with E-state index in [-0.39, 0.29) is 6.10 Å². The third-order valence-corrected chi connectivity index (χ3v) is 3.19. The molecule has 128 valence electrons. The predicted octanol–water partition coefficient (Wildman–Crippen LogP) is 5.78. The Bertz CT molecular complexity index is 496. The van der Waals surface area contributed by atoms with Gasteiger partial charge in [0.05, 0.1) is 0 Å². The first kappa shape index (κ1) is 21.2. The molecule has 0 aliphatic carbocycles. The smallest absolute Gasteiger partial charge is 0.125 e. The molecule has 0 fully saturated rings. The molecule has 2 nitrogen and oxygen atoms in total. The van der Waals surface area contributed by atoms with Crippen molar-refractivity contribution in [2.45, 2.75) is 47.1 Å². The lowest BCUT2D eigenvalue weighted by atomic mass is 10.1. The highest BCUT2D eigenvalue weighted by Gasteiger charge is 2.13. The van der Waals surface area contributed by atoms with Crippen molar-refractivity contribution in [2.24, 2.45) is 0 Å². The van der Waals surface area contributed by atoms with Gasteiger partial charge in [-0.2, -0.15) is 0 Å². The lowest BCUT2D eigenvalue weighted by Crippen LogP contribution is -2.16. The van der Waals surface area contributed by atoms with Gasteiger partial charge >= 0.3 is 0 Å². The highest BCUT2D eigenvalue weighted by molar-refractivity contribution is 5.33. The molecular weight excluding hydrogens is 282 g/mol. The van der Waals surface area contributed by atoms with E-state index in [9.17, 15) is 0 Å². The Morgan fingerprint density at radius 3 is 2.00 bits per heavy atom. The zero-order valence-electron chi connectivity index (χ0n) is 15.6. The second-order valence-electron chi connectivity index (χ2n) is 4.67. The lowest BCUT2D eigenvalue weighted by Gasteiger charge is -2.20. The number of ether oxygens (including phenoxy) is 1. The summed E-state index contributed by atoms with van der Waals surface area (Å²) in [5.74, 6) is 0.965. The number of para-hydroxylation sites is 1. The van der Waals surface area contributed by atoms with Crippen molar-refractivity contribution in [3.8, 4) is 5.75 Å². The Morgan fingerprint density at radius 1 is 0.870 bits per heavy atom. The van der Waals surface area contributed by atoms with Gasteiger partial charge in [0, 0.05) is 6.42 Å². The number of aryl methyl sites for hydroxylation is 1. The number of nitrogens with one attached hydrogen (secondary N) is 1. The fourth-order valence-electron chi connectivity index (χ4n) is 2.08. The molecular formula is C21H33NO. The molecule has 0 spiro atoms. The van der Waals surface area contributed by atoms with Gasteiger partial charge < -0.3 is 10.1 Å². The number of rotatable bonds is 6. The summed E-state index contributed by atoms with van der Waals surface area (Å²) in [7, 11) is 1.97. The fraction of sp³-hybridized carbons (Fsp3) is 0.429. The van der Waals surface area contributed by atoms with Gasteiger partial charge in [0.25, 0.3) is 0 Å². The van der Waals surface area contributed by atoms with Gasteiger partial charge in [0.1, 0.15) is 11.9 Å². The van der Waals surface area contributed by atoms with Crippen LogP contribution in [0.5, 0.6) is 5.75 Å². The molecule has 0 amide bonds. The van der Waals surface area contributed by atoms with Gasteiger partial charge in [-0.3, -0.25) is 0 Å². The minimum absolute atomic E-state index is 0.0924. The van der Waals surface area contributed by atoms with Crippen molar-refractivity contribution in [1.29, 1.82) is 0 Å². The topological polar surface area (TPSA) is 21.3 Å². The first-order valence-corrected chi connectivity index (χ1v) is 8.73. The molecule has 1 N–H and O–H groups in total. The van der Waals surface area contributed by atoms with Crippen LogP contribution in [0.25, 0.3) is 0 Å². The average molecular weight is 316 g/mol. The maximum absolute atomic E-state index is 6.19. The Kier molecular flexibility index (Phi) is 12.8. The van der Waals surface area contributed by atoms with Gasteiger partial charge in [0.2, 0.25) is 0 Å². The molecule has 0 saturated carbocycles. The summed E-state index contributed by atoms with van der Waals surface area (Å²) in [6, 6.07) is 18.6. The van der Waals surface area contributed by atoms with E-state index in [0.717, 1.165) is 18.7 Å². The minimum Gasteiger partial charge on any atom is -0.485 e. The average Bonchev–Trinajstić information content (AvgIpc) is 2.64. The molecule has 0 saturated heterocycles. The van der Waals surface area contributed by atoms with Crippen molar-refractivity contribution in [1.82, 2.24) is 5.32 Å². The summed E-state index contributed by atoms with van der Waals surface area (Å²) in [4.78, 5) is 0. The summed E-state index contributed by atoms with van der Waals surface area (Å²) in [5, 5.41) is 3.19. The van der Waals surface area contributed by atoms with Gasteiger partial charge in [-0.25, -0.2) is 0 Å². The normalized spacial score (nSPS) is 10.5. The SMILES string of the molecule is CC.CC.CNCC[C@@H](Oc1ccccc1C)c1ccccc1. The molecule has 2 aromatic rings. The van der Waals surface area contributed by atoms with Gasteiger partial charge in [0.15, 0.2) is 0 Å². The monoisotopic (exact) mass is 315 g/mol. The van der Waals surface area contributed by atoms with Crippen molar-refractivity contribution < 1.29 is 4.74 Å². The maximum Gasteiger partial charge on any atom is 0.125 e. The van der Waals surface area contributed by atoms with Gasteiger partial charge in [-0.1, -0.05) is 76.2 Å². The van der Waals surface area contributed by atoms with Crippen LogP contribution in [-0.2, 0) is 0 Å². The zero-order valence-corrected chi connectivity index (χ0v) is 15.6. The second-order valence-corrected chi connectivity index (χ2v) is 4.67. The molecule has 2 rings (SSSR count). The highest BCUT2D eigenvalue weighted by Crippen LogP contribution is 2.26.